The third kappa shape index (κ3) is 5.26. The van der Waals surface area contributed by atoms with Crippen LogP contribution >= 0.6 is 35.3 Å². The number of nitro benzene ring substituents is 1. The SMILES string of the molecule is Cl.O=C(NCCN1CCN(c2nc3c(F)cccc3s2)CC1)c1cc([N+](=O)[O-])ccc1Cl. The van der Waals surface area contributed by atoms with E-state index in [1.165, 1.54) is 35.6 Å². The molecule has 1 fully saturated rings. The van der Waals surface area contributed by atoms with E-state index in [0.29, 0.717) is 18.6 Å². The number of nitrogens with zero attached hydrogens (tertiary/aromatic N) is 4. The number of carbonyl (C=O) groups excluding carboxylic acids is 1. The van der Waals surface area contributed by atoms with Gasteiger partial charge in [-0.15, -0.1) is 12.4 Å². The van der Waals surface area contributed by atoms with E-state index in [9.17, 15) is 19.3 Å². The molecule has 4 rings (SSSR count). The smallest absolute Gasteiger partial charge is 0.270 e. The largest absolute Gasteiger partial charge is 0.351 e. The van der Waals surface area contributed by atoms with Crippen molar-refractivity contribution < 1.29 is 14.1 Å². The number of anilines is 1. The van der Waals surface area contributed by atoms with Crippen LogP contribution < -0.4 is 10.2 Å². The van der Waals surface area contributed by atoms with E-state index in [-0.39, 0.29) is 34.5 Å². The van der Waals surface area contributed by atoms with Crippen molar-refractivity contribution in [3.8, 4) is 0 Å². The molecule has 32 heavy (non-hydrogen) atoms. The first-order valence-electron chi connectivity index (χ1n) is 9.67. The van der Waals surface area contributed by atoms with E-state index in [1.807, 2.05) is 6.07 Å². The van der Waals surface area contributed by atoms with Crippen LogP contribution in [0.3, 0.4) is 0 Å². The Morgan fingerprint density at radius 2 is 2.00 bits per heavy atom. The maximum absolute atomic E-state index is 13.9. The molecule has 2 heterocycles. The lowest BCUT2D eigenvalue weighted by atomic mass is 10.2. The lowest BCUT2D eigenvalue weighted by molar-refractivity contribution is -0.384. The number of halogens is 3. The summed E-state index contributed by atoms with van der Waals surface area (Å²) in [6, 6.07) is 8.76. The van der Waals surface area contributed by atoms with Gasteiger partial charge >= 0.3 is 0 Å². The minimum Gasteiger partial charge on any atom is -0.351 e. The molecule has 0 radical (unpaired) electrons. The Morgan fingerprint density at radius 1 is 1.25 bits per heavy atom. The predicted molar refractivity (Wildman–Crippen MR) is 126 cm³/mol. The number of hydrogen-bond acceptors (Lipinski definition) is 7. The monoisotopic (exact) mass is 499 g/mol. The highest BCUT2D eigenvalue weighted by atomic mass is 35.5. The molecule has 1 aliphatic heterocycles. The first kappa shape index (κ1) is 24.1. The van der Waals surface area contributed by atoms with Gasteiger partial charge in [-0.05, 0) is 18.2 Å². The van der Waals surface area contributed by atoms with E-state index < -0.39 is 10.8 Å². The Hall–Kier alpha value is -2.53. The highest BCUT2D eigenvalue weighted by Crippen LogP contribution is 2.30. The number of rotatable bonds is 6. The summed E-state index contributed by atoms with van der Waals surface area (Å²) in [5.41, 5.74) is 0.316. The summed E-state index contributed by atoms with van der Waals surface area (Å²) in [4.78, 5) is 31.5. The molecule has 12 heteroatoms. The van der Waals surface area contributed by atoms with Crippen LogP contribution in [0.1, 0.15) is 10.4 Å². The lowest BCUT2D eigenvalue weighted by Gasteiger charge is -2.34. The molecule has 8 nitrogen and oxygen atoms in total. The van der Waals surface area contributed by atoms with Gasteiger partial charge in [-0.3, -0.25) is 19.8 Å². The topological polar surface area (TPSA) is 91.6 Å². The quantitative estimate of drug-likeness (QED) is 0.407. The van der Waals surface area contributed by atoms with Gasteiger partial charge < -0.3 is 10.2 Å². The van der Waals surface area contributed by atoms with Crippen molar-refractivity contribution in [2.24, 2.45) is 0 Å². The zero-order valence-electron chi connectivity index (χ0n) is 16.8. The number of nitrogens with one attached hydrogen (secondary N) is 1. The summed E-state index contributed by atoms with van der Waals surface area (Å²) >= 11 is 7.49. The summed E-state index contributed by atoms with van der Waals surface area (Å²) in [6.45, 7) is 4.11. The number of non-ortho nitro benzene ring substituents is 1. The Balaban J connectivity index is 0.00000289. The van der Waals surface area contributed by atoms with Crippen LogP contribution in [0.15, 0.2) is 36.4 Å². The van der Waals surface area contributed by atoms with Gasteiger partial charge in [0, 0.05) is 51.4 Å². The van der Waals surface area contributed by atoms with Crippen molar-refractivity contribution in [3.63, 3.8) is 0 Å². The minimum absolute atomic E-state index is 0. The minimum atomic E-state index is -0.563. The van der Waals surface area contributed by atoms with E-state index in [0.717, 1.165) is 36.0 Å². The summed E-state index contributed by atoms with van der Waals surface area (Å²) in [6.07, 6.45) is 0. The van der Waals surface area contributed by atoms with Gasteiger partial charge in [-0.2, -0.15) is 0 Å². The first-order valence-corrected chi connectivity index (χ1v) is 10.9. The third-order valence-electron chi connectivity index (χ3n) is 5.12. The standard InChI is InChI=1S/C20H19ClFN5O3S.ClH/c21-15-5-4-13(27(29)30)12-14(15)19(28)23-6-7-25-8-10-26(11-9-25)20-24-18-16(22)2-1-3-17(18)31-20;/h1-5,12H,6-11H2,(H,23,28);1H. The Morgan fingerprint density at radius 3 is 2.69 bits per heavy atom. The van der Waals surface area contributed by atoms with E-state index in [2.05, 4.69) is 20.1 Å². The third-order valence-corrected chi connectivity index (χ3v) is 6.53. The van der Waals surface area contributed by atoms with Crippen LogP contribution in [0.2, 0.25) is 5.02 Å². The molecule has 2 aromatic carbocycles. The Labute approximate surface area is 198 Å². The molecule has 0 spiro atoms. The molecule has 0 saturated carbocycles. The van der Waals surface area contributed by atoms with Gasteiger partial charge in [-0.1, -0.05) is 29.0 Å². The van der Waals surface area contributed by atoms with Crippen LogP contribution in [0.4, 0.5) is 15.2 Å². The van der Waals surface area contributed by atoms with Crippen molar-refractivity contribution in [1.29, 1.82) is 0 Å². The summed E-state index contributed by atoms with van der Waals surface area (Å²) < 4.78 is 14.7. The number of hydrogen-bond donors (Lipinski definition) is 1. The molecule has 0 unspecified atom stereocenters. The van der Waals surface area contributed by atoms with Crippen molar-refractivity contribution in [3.05, 3.63) is 62.9 Å². The van der Waals surface area contributed by atoms with E-state index in [4.69, 9.17) is 11.6 Å². The molecule has 0 bridgehead atoms. The predicted octanol–water partition coefficient (Wildman–Crippen LogP) is 3.97. The lowest BCUT2D eigenvalue weighted by Crippen LogP contribution is -2.48. The average Bonchev–Trinajstić information content (AvgIpc) is 3.20. The second-order valence-corrected chi connectivity index (χ2v) is 8.51. The zero-order chi connectivity index (χ0) is 22.0. The Bertz CT molecular complexity index is 1140. The fraction of sp³-hybridized carbons (Fsp3) is 0.300. The first-order chi connectivity index (χ1) is 14.9. The number of amides is 1. The summed E-state index contributed by atoms with van der Waals surface area (Å²) in [5, 5.41) is 14.7. The van der Waals surface area contributed by atoms with Crippen LogP contribution in [0, 0.1) is 15.9 Å². The fourth-order valence-electron chi connectivity index (χ4n) is 3.42. The maximum atomic E-state index is 13.9. The summed E-state index contributed by atoms with van der Waals surface area (Å²) in [5.74, 6) is -0.748. The normalized spacial score (nSPS) is 14.2. The number of thiazole rings is 1. The zero-order valence-corrected chi connectivity index (χ0v) is 19.2. The number of nitro groups is 1. The molecule has 0 aliphatic carbocycles. The number of piperazine rings is 1. The van der Waals surface area contributed by atoms with Crippen LogP contribution in [-0.2, 0) is 0 Å². The van der Waals surface area contributed by atoms with E-state index in [1.54, 1.807) is 6.07 Å². The number of fused-ring (bicyclic) bond motifs is 1. The molecule has 1 N–H and O–H groups in total. The van der Waals surface area contributed by atoms with Crippen LogP contribution in [-0.4, -0.2) is 60.0 Å². The van der Waals surface area contributed by atoms with Crippen LogP contribution in [0.25, 0.3) is 10.2 Å². The second-order valence-electron chi connectivity index (χ2n) is 7.09. The molecule has 0 atom stereocenters. The Kier molecular flexibility index (Phi) is 7.83. The molecule has 1 amide bonds. The molecule has 3 aromatic rings. The van der Waals surface area contributed by atoms with Gasteiger partial charge in [0.25, 0.3) is 11.6 Å². The highest BCUT2D eigenvalue weighted by Gasteiger charge is 2.21. The molecule has 1 saturated heterocycles. The summed E-state index contributed by atoms with van der Waals surface area (Å²) in [7, 11) is 0. The van der Waals surface area contributed by atoms with Gasteiger partial charge in [0.2, 0.25) is 0 Å². The van der Waals surface area contributed by atoms with Gasteiger partial charge in [0.05, 0.1) is 20.2 Å². The molecular formula is C20H20Cl2FN5O3S. The maximum Gasteiger partial charge on any atom is 0.270 e. The molecule has 1 aromatic heterocycles. The molecule has 170 valence electrons. The number of aromatic nitrogens is 1. The van der Waals surface area contributed by atoms with Gasteiger partial charge in [0.1, 0.15) is 11.3 Å². The van der Waals surface area contributed by atoms with Crippen molar-refractivity contribution in [2.45, 2.75) is 0 Å². The molecular weight excluding hydrogens is 480 g/mol. The van der Waals surface area contributed by atoms with Gasteiger partial charge in [0.15, 0.2) is 5.13 Å². The number of para-hydroxylation sites is 1. The van der Waals surface area contributed by atoms with Crippen molar-refractivity contribution in [1.82, 2.24) is 15.2 Å². The molecule has 1 aliphatic rings. The fourth-order valence-corrected chi connectivity index (χ4v) is 4.66. The number of carbonyl (C=O) groups is 1. The average molecular weight is 500 g/mol. The van der Waals surface area contributed by atoms with E-state index >= 15 is 0 Å². The highest BCUT2D eigenvalue weighted by molar-refractivity contribution is 7.22. The van der Waals surface area contributed by atoms with Crippen molar-refractivity contribution >= 4 is 62.3 Å². The van der Waals surface area contributed by atoms with Crippen LogP contribution in [0.5, 0.6) is 0 Å². The number of benzene rings is 2. The van der Waals surface area contributed by atoms with Crippen molar-refractivity contribution in [2.75, 3.05) is 44.2 Å². The second kappa shape index (κ2) is 10.4. The van der Waals surface area contributed by atoms with Gasteiger partial charge in [-0.25, -0.2) is 9.37 Å².